The number of fused-ring (bicyclic) bond motifs is 1. The van der Waals surface area contributed by atoms with Gasteiger partial charge in [0.25, 0.3) is 0 Å². The van der Waals surface area contributed by atoms with E-state index >= 15 is 0 Å². The number of aliphatic hydroxyl groups is 5. The minimum absolute atomic E-state index is 0.00861. The molecule has 8 heteroatoms. The van der Waals surface area contributed by atoms with E-state index in [2.05, 4.69) is 0 Å². The van der Waals surface area contributed by atoms with Crippen molar-refractivity contribution in [1.82, 2.24) is 0 Å². The van der Waals surface area contributed by atoms with Crippen LogP contribution in [0.4, 0.5) is 0 Å². The van der Waals surface area contributed by atoms with Crippen molar-refractivity contribution < 1.29 is 34.7 Å². The minimum Gasteiger partial charge on any atom is -0.456 e. The predicted molar refractivity (Wildman–Crippen MR) is 105 cm³/mol. The van der Waals surface area contributed by atoms with Gasteiger partial charge in [0.1, 0.15) is 35.8 Å². The molecule has 0 radical (unpaired) electrons. The summed E-state index contributed by atoms with van der Waals surface area (Å²) in [6, 6.07) is 18.4. The zero-order valence-electron chi connectivity index (χ0n) is 15.3. The molecule has 1 aromatic heterocycles. The quantitative estimate of drug-likeness (QED) is 0.364. The molecule has 5 N–H and O–H groups in total. The Hall–Kier alpha value is -2.88. The van der Waals surface area contributed by atoms with E-state index in [1.807, 2.05) is 48.5 Å². The molecule has 0 saturated carbocycles. The number of rotatable bonds is 6. The molecule has 0 saturated heterocycles. The number of carbonyl (C=O) groups excluding carboxylic acids is 1. The molecular formula is C21H22O8. The molecule has 0 aliphatic carbocycles. The van der Waals surface area contributed by atoms with E-state index in [-0.39, 0.29) is 11.7 Å². The topological polar surface area (TPSA) is 148 Å². The van der Waals surface area contributed by atoms with Crippen LogP contribution in [0.5, 0.6) is 0 Å². The number of benzene rings is 2. The molecule has 3 rings (SSSR count). The van der Waals surface area contributed by atoms with Crippen LogP contribution in [0.3, 0.4) is 0 Å². The van der Waals surface area contributed by atoms with Gasteiger partial charge < -0.3 is 34.7 Å². The normalized spacial score (nSPS) is 14.9. The van der Waals surface area contributed by atoms with Crippen LogP contribution in [0.1, 0.15) is 0 Å². The predicted octanol–water partition coefficient (Wildman–Crippen LogP) is 0.0812. The average Bonchev–Trinajstić information content (AvgIpc) is 2.78. The second-order valence-corrected chi connectivity index (χ2v) is 6.19. The fraction of sp³-hybridized carbons (Fsp3) is 0.238. The van der Waals surface area contributed by atoms with E-state index in [0.717, 1.165) is 5.56 Å². The second kappa shape index (κ2) is 10.6. The Morgan fingerprint density at radius 1 is 0.897 bits per heavy atom. The molecule has 4 atom stereocenters. The molecule has 3 aromatic rings. The molecule has 4 unspecified atom stereocenters. The smallest absolute Gasteiger partial charge is 0.193 e. The van der Waals surface area contributed by atoms with E-state index in [4.69, 9.17) is 29.9 Å². The van der Waals surface area contributed by atoms with Crippen LogP contribution in [0, 0.1) is 0 Å². The summed E-state index contributed by atoms with van der Waals surface area (Å²) in [6.45, 7) is -0.760. The first kappa shape index (κ1) is 22.4. The Balaban J connectivity index is 0.000000223. The van der Waals surface area contributed by atoms with E-state index in [0.29, 0.717) is 16.7 Å². The summed E-state index contributed by atoms with van der Waals surface area (Å²) >= 11 is 0. The minimum atomic E-state index is -1.79. The van der Waals surface area contributed by atoms with Crippen molar-refractivity contribution in [2.45, 2.75) is 24.4 Å². The highest BCUT2D eigenvalue weighted by Crippen LogP contribution is 2.21. The standard InChI is InChI=1S/C15H10O2.C6H12O6/c16-13-10-15(11-6-2-1-3-7-11)17-14-9-5-4-8-12(13)14;7-1-3(9)5(11)6(12)4(10)2-8/h1-10H;1,3-6,8-12H,2H2. The van der Waals surface area contributed by atoms with Gasteiger partial charge in [0.15, 0.2) is 11.7 Å². The fourth-order valence-electron chi connectivity index (χ4n) is 2.47. The SMILES string of the molecule is O=CC(O)C(O)C(O)C(O)CO.O=c1cc(-c2ccccc2)oc2ccccc12. The van der Waals surface area contributed by atoms with Crippen LogP contribution in [-0.2, 0) is 4.79 Å². The van der Waals surface area contributed by atoms with Crippen molar-refractivity contribution in [3.63, 3.8) is 0 Å². The lowest BCUT2D eigenvalue weighted by atomic mass is 10.0. The largest absolute Gasteiger partial charge is 0.456 e. The lowest BCUT2D eigenvalue weighted by Gasteiger charge is -2.22. The van der Waals surface area contributed by atoms with E-state index in [1.54, 1.807) is 6.07 Å². The first-order valence-corrected chi connectivity index (χ1v) is 8.75. The molecule has 1 heterocycles. The van der Waals surface area contributed by atoms with Crippen LogP contribution in [0.25, 0.3) is 22.3 Å². The van der Waals surface area contributed by atoms with Gasteiger partial charge in [-0.25, -0.2) is 0 Å². The zero-order chi connectivity index (χ0) is 21.4. The molecule has 0 aliphatic rings. The van der Waals surface area contributed by atoms with Crippen molar-refractivity contribution >= 4 is 17.3 Å². The van der Waals surface area contributed by atoms with Crippen LogP contribution < -0.4 is 5.43 Å². The summed E-state index contributed by atoms with van der Waals surface area (Å²) in [6.07, 6.45) is -6.84. The summed E-state index contributed by atoms with van der Waals surface area (Å²) in [5, 5.41) is 44.2. The van der Waals surface area contributed by atoms with Gasteiger partial charge in [-0.1, -0.05) is 42.5 Å². The van der Waals surface area contributed by atoms with Gasteiger partial charge in [-0.05, 0) is 12.1 Å². The number of aliphatic hydroxyl groups excluding tert-OH is 5. The maximum Gasteiger partial charge on any atom is 0.193 e. The van der Waals surface area contributed by atoms with Gasteiger partial charge in [0, 0.05) is 11.6 Å². The first-order valence-electron chi connectivity index (χ1n) is 8.75. The van der Waals surface area contributed by atoms with Gasteiger partial charge >= 0.3 is 0 Å². The van der Waals surface area contributed by atoms with E-state index < -0.39 is 31.0 Å². The molecule has 0 amide bonds. The van der Waals surface area contributed by atoms with Crippen LogP contribution in [0.15, 0.2) is 69.9 Å². The van der Waals surface area contributed by atoms with Gasteiger partial charge in [-0.15, -0.1) is 0 Å². The summed E-state index contributed by atoms with van der Waals surface area (Å²) in [4.78, 5) is 21.8. The lowest BCUT2D eigenvalue weighted by Crippen LogP contribution is -2.46. The van der Waals surface area contributed by atoms with Gasteiger partial charge in [0.05, 0.1) is 12.0 Å². The van der Waals surface area contributed by atoms with Crippen molar-refractivity contribution in [2.24, 2.45) is 0 Å². The van der Waals surface area contributed by atoms with Gasteiger partial charge in [-0.2, -0.15) is 0 Å². The van der Waals surface area contributed by atoms with Crippen molar-refractivity contribution in [1.29, 1.82) is 0 Å². The highest BCUT2D eigenvalue weighted by atomic mass is 16.4. The Morgan fingerprint density at radius 3 is 2.14 bits per heavy atom. The molecule has 0 bridgehead atoms. The number of aldehydes is 1. The Morgan fingerprint density at radius 2 is 1.52 bits per heavy atom. The number of hydrogen-bond donors (Lipinski definition) is 5. The third-order valence-corrected chi connectivity index (χ3v) is 4.11. The molecule has 0 fully saturated rings. The zero-order valence-corrected chi connectivity index (χ0v) is 15.3. The van der Waals surface area contributed by atoms with E-state index in [1.165, 1.54) is 6.07 Å². The van der Waals surface area contributed by atoms with Crippen molar-refractivity contribution in [3.8, 4) is 11.3 Å². The fourth-order valence-corrected chi connectivity index (χ4v) is 2.47. The molecule has 0 spiro atoms. The van der Waals surface area contributed by atoms with Crippen LogP contribution in [-0.4, -0.2) is 62.8 Å². The first-order chi connectivity index (χ1) is 13.9. The van der Waals surface area contributed by atoms with Crippen LogP contribution in [0.2, 0.25) is 0 Å². The Kier molecular flexibility index (Phi) is 8.20. The second-order valence-electron chi connectivity index (χ2n) is 6.19. The van der Waals surface area contributed by atoms with Gasteiger partial charge in [0.2, 0.25) is 0 Å². The molecule has 154 valence electrons. The van der Waals surface area contributed by atoms with E-state index in [9.17, 15) is 9.59 Å². The molecule has 2 aromatic carbocycles. The monoisotopic (exact) mass is 402 g/mol. The highest BCUT2D eigenvalue weighted by Gasteiger charge is 2.29. The molecule has 0 aliphatic heterocycles. The van der Waals surface area contributed by atoms with Crippen molar-refractivity contribution in [3.05, 3.63) is 70.9 Å². The van der Waals surface area contributed by atoms with Crippen molar-refractivity contribution in [2.75, 3.05) is 6.61 Å². The third kappa shape index (κ3) is 5.80. The summed E-state index contributed by atoms with van der Waals surface area (Å²) in [7, 11) is 0. The number of para-hydroxylation sites is 1. The maximum atomic E-state index is 11.9. The molecule has 8 nitrogen and oxygen atoms in total. The molecule has 29 heavy (non-hydrogen) atoms. The number of carbonyl (C=O) groups is 1. The lowest BCUT2D eigenvalue weighted by molar-refractivity contribution is -0.136. The average molecular weight is 402 g/mol. The van der Waals surface area contributed by atoms with Crippen LogP contribution >= 0.6 is 0 Å². The summed E-state index contributed by atoms with van der Waals surface area (Å²) in [5.41, 5.74) is 1.53. The maximum absolute atomic E-state index is 11.9. The molecular weight excluding hydrogens is 380 g/mol. The third-order valence-electron chi connectivity index (χ3n) is 4.11. The summed E-state index contributed by atoms with van der Waals surface area (Å²) in [5.74, 6) is 0.606. The number of hydrogen-bond acceptors (Lipinski definition) is 8. The summed E-state index contributed by atoms with van der Waals surface area (Å²) < 4.78 is 5.73. The highest BCUT2D eigenvalue weighted by molar-refractivity contribution is 5.78. The Bertz CT molecular complexity index is 969. The Labute approximate surface area is 165 Å². The van der Waals surface area contributed by atoms with Gasteiger partial charge in [-0.3, -0.25) is 4.79 Å².